The standard InChI is InChI=1S/C18H15Cl2N5O5/c1-10(2)24-8-13(4-5-16(24)27)30-17-14(19)6-12(7-15(17)20)25(9-21)23-22-18(28)29-11(3)26/h4-8,10H,1-3H3. The van der Waals surface area contributed by atoms with E-state index in [0.717, 1.165) is 6.92 Å². The number of carbonyl (C=O) groups is 2. The minimum atomic E-state index is -1.29. The lowest BCUT2D eigenvalue weighted by molar-refractivity contribution is -0.134. The molecule has 0 unspecified atom stereocenters. The Bertz CT molecular complexity index is 1080. The molecule has 2 rings (SSSR count). The second-order valence-corrected chi connectivity index (χ2v) is 6.82. The molecule has 1 amide bonds. The number of nitriles is 1. The van der Waals surface area contributed by atoms with Crippen LogP contribution < -0.4 is 15.3 Å². The fourth-order valence-corrected chi connectivity index (χ4v) is 2.74. The largest absolute Gasteiger partial charge is 0.461 e. The number of esters is 1. The Kier molecular flexibility index (Phi) is 7.52. The van der Waals surface area contributed by atoms with Gasteiger partial charge < -0.3 is 14.0 Å². The quantitative estimate of drug-likeness (QED) is 0.158. The molecule has 1 aromatic carbocycles. The van der Waals surface area contributed by atoms with Crippen molar-refractivity contribution >= 4 is 41.0 Å². The number of aromatic nitrogens is 1. The summed E-state index contributed by atoms with van der Waals surface area (Å²) in [6, 6.07) is 5.35. The Balaban J connectivity index is 2.31. The predicted octanol–water partition coefficient (Wildman–Crippen LogP) is 4.87. The van der Waals surface area contributed by atoms with Gasteiger partial charge in [-0.25, -0.2) is 4.79 Å². The Labute approximate surface area is 180 Å². The van der Waals surface area contributed by atoms with Gasteiger partial charge in [-0.15, -0.1) is 5.01 Å². The van der Waals surface area contributed by atoms with Crippen LogP contribution in [0.15, 0.2) is 45.6 Å². The summed E-state index contributed by atoms with van der Waals surface area (Å²) in [4.78, 5) is 33.8. The number of pyridine rings is 1. The van der Waals surface area contributed by atoms with E-state index < -0.39 is 12.1 Å². The van der Waals surface area contributed by atoms with Crippen LogP contribution in [0, 0.1) is 11.5 Å². The molecule has 2 aromatic rings. The molecule has 0 N–H and O–H groups in total. The van der Waals surface area contributed by atoms with Gasteiger partial charge >= 0.3 is 12.1 Å². The van der Waals surface area contributed by atoms with Crippen LogP contribution in [-0.2, 0) is 9.53 Å². The van der Waals surface area contributed by atoms with Crippen molar-refractivity contribution in [1.82, 2.24) is 4.57 Å². The van der Waals surface area contributed by atoms with Crippen LogP contribution in [0.3, 0.4) is 0 Å². The highest BCUT2D eigenvalue weighted by molar-refractivity contribution is 6.37. The highest BCUT2D eigenvalue weighted by Gasteiger charge is 2.16. The number of halogens is 2. The maximum Gasteiger partial charge on any atom is 0.461 e. The molecule has 10 nitrogen and oxygen atoms in total. The zero-order valence-corrected chi connectivity index (χ0v) is 17.5. The molecular formula is C18H15Cl2N5O5. The summed E-state index contributed by atoms with van der Waals surface area (Å²) in [7, 11) is 0. The summed E-state index contributed by atoms with van der Waals surface area (Å²) in [5, 5.41) is 16.4. The maximum absolute atomic E-state index is 11.9. The van der Waals surface area contributed by atoms with Gasteiger partial charge in [-0.2, -0.15) is 5.26 Å². The van der Waals surface area contributed by atoms with Crippen molar-refractivity contribution in [2.75, 3.05) is 5.01 Å². The minimum absolute atomic E-state index is 0.0292. The van der Waals surface area contributed by atoms with Crippen LogP contribution in [0.1, 0.15) is 26.8 Å². The molecule has 0 saturated heterocycles. The van der Waals surface area contributed by atoms with Crippen LogP contribution in [-0.4, -0.2) is 16.6 Å². The summed E-state index contributed by atoms with van der Waals surface area (Å²) in [5.41, 5.74) is -0.116. The topological polar surface area (TPSA) is 126 Å². The van der Waals surface area contributed by atoms with Crippen LogP contribution in [0.4, 0.5) is 10.5 Å². The van der Waals surface area contributed by atoms with Crippen LogP contribution in [0.2, 0.25) is 10.0 Å². The second-order valence-electron chi connectivity index (χ2n) is 6.01. The first-order valence-corrected chi connectivity index (χ1v) is 9.11. The average Bonchev–Trinajstić information content (AvgIpc) is 2.65. The van der Waals surface area contributed by atoms with Crippen LogP contribution >= 0.6 is 23.2 Å². The fraction of sp³-hybridized carbons (Fsp3) is 0.222. The second kappa shape index (κ2) is 9.87. The third-order valence-corrected chi connectivity index (χ3v) is 4.02. The van der Waals surface area contributed by atoms with Crippen molar-refractivity contribution in [3.05, 3.63) is 50.9 Å². The molecular weight excluding hydrogens is 437 g/mol. The number of hydrogen-bond acceptors (Lipinski definition) is 7. The van der Waals surface area contributed by atoms with Gasteiger partial charge in [0.05, 0.1) is 21.9 Å². The van der Waals surface area contributed by atoms with Crippen LogP contribution in [0.5, 0.6) is 11.5 Å². The molecule has 0 radical (unpaired) electrons. The third kappa shape index (κ3) is 5.79. The Morgan fingerprint density at radius 3 is 2.40 bits per heavy atom. The summed E-state index contributed by atoms with van der Waals surface area (Å²) in [5.74, 6) is -0.468. The zero-order chi connectivity index (χ0) is 22.4. The SMILES string of the molecule is CC(=O)OC(=O)N=NN(C#N)c1cc(Cl)c(Oc2ccc(=O)n(C(C)C)c2)c(Cl)c1. The van der Waals surface area contributed by atoms with Gasteiger partial charge in [-0.05, 0) is 37.3 Å². The summed E-state index contributed by atoms with van der Waals surface area (Å²) in [6.07, 6.45) is 1.89. The number of ether oxygens (including phenoxy) is 2. The highest BCUT2D eigenvalue weighted by Crippen LogP contribution is 2.39. The van der Waals surface area contributed by atoms with Crippen molar-refractivity contribution in [2.45, 2.75) is 26.8 Å². The van der Waals surface area contributed by atoms with E-state index in [-0.39, 0.29) is 33.1 Å². The Hall–Kier alpha value is -3.42. The van der Waals surface area contributed by atoms with Gasteiger partial charge in [0.15, 0.2) is 5.75 Å². The van der Waals surface area contributed by atoms with Gasteiger partial charge in [0.2, 0.25) is 6.19 Å². The molecule has 1 heterocycles. The van der Waals surface area contributed by atoms with E-state index in [1.165, 1.54) is 35.0 Å². The molecule has 0 spiro atoms. The molecule has 0 atom stereocenters. The van der Waals surface area contributed by atoms with E-state index in [1.54, 1.807) is 6.19 Å². The first-order valence-electron chi connectivity index (χ1n) is 8.35. The first kappa shape index (κ1) is 22.9. The molecule has 0 aliphatic rings. The zero-order valence-electron chi connectivity index (χ0n) is 16.0. The van der Waals surface area contributed by atoms with Crippen molar-refractivity contribution in [1.29, 1.82) is 5.26 Å². The van der Waals surface area contributed by atoms with Crippen molar-refractivity contribution < 1.29 is 19.1 Å². The summed E-state index contributed by atoms with van der Waals surface area (Å²) >= 11 is 12.5. The molecule has 0 saturated carbocycles. The molecule has 0 aliphatic heterocycles. The van der Waals surface area contributed by atoms with Crippen molar-refractivity contribution in [3.63, 3.8) is 0 Å². The first-order chi connectivity index (χ1) is 14.1. The van der Waals surface area contributed by atoms with Gasteiger partial charge in [0.25, 0.3) is 5.56 Å². The maximum atomic E-state index is 11.9. The number of benzene rings is 1. The molecule has 0 bridgehead atoms. The molecule has 0 aliphatic carbocycles. The van der Waals surface area contributed by atoms with Crippen molar-refractivity contribution in [2.24, 2.45) is 10.3 Å². The molecule has 0 fully saturated rings. The number of nitrogens with zero attached hydrogens (tertiary/aromatic N) is 5. The highest BCUT2D eigenvalue weighted by atomic mass is 35.5. The van der Waals surface area contributed by atoms with E-state index in [9.17, 15) is 19.6 Å². The molecule has 156 valence electrons. The van der Waals surface area contributed by atoms with E-state index in [4.69, 9.17) is 27.9 Å². The van der Waals surface area contributed by atoms with E-state index >= 15 is 0 Å². The van der Waals surface area contributed by atoms with Crippen LogP contribution in [0.25, 0.3) is 0 Å². The normalized spacial score (nSPS) is 10.7. The smallest absolute Gasteiger partial charge is 0.453 e. The summed E-state index contributed by atoms with van der Waals surface area (Å²) < 4.78 is 11.4. The number of carbonyl (C=O) groups excluding carboxylic acids is 2. The van der Waals surface area contributed by atoms with E-state index in [2.05, 4.69) is 15.1 Å². The van der Waals surface area contributed by atoms with Gasteiger partial charge in [0.1, 0.15) is 5.75 Å². The molecule has 12 heteroatoms. The van der Waals surface area contributed by atoms with Gasteiger partial charge in [-0.1, -0.05) is 28.3 Å². The lowest BCUT2D eigenvalue weighted by atomic mass is 10.3. The van der Waals surface area contributed by atoms with Gasteiger partial charge in [0, 0.05) is 19.0 Å². The number of hydrogen-bond donors (Lipinski definition) is 0. The van der Waals surface area contributed by atoms with Gasteiger partial charge in [-0.3, -0.25) is 9.59 Å². The average molecular weight is 452 g/mol. The Morgan fingerprint density at radius 2 is 1.87 bits per heavy atom. The monoisotopic (exact) mass is 451 g/mol. The number of amides is 1. The number of anilines is 1. The third-order valence-electron chi connectivity index (χ3n) is 3.46. The number of rotatable bonds is 5. The van der Waals surface area contributed by atoms with Crippen molar-refractivity contribution in [3.8, 4) is 17.7 Å². The summed E-state index contributed by atoms with van der Waals surface area (Å²) in [6.45, 7) is 4.70. The Morgan fingerprint density at radius 1 is 1.23 bits per heavy atom. The predicted molar refractivity (Wildman–Crippen MR) is 108 cm³/mol. The fourth-order valence-electron chi connectivity index (χ4n) is 2.19. The lowest BCUT2D eigenvalue weighted by Gasteiger charge is -2.15. The van der Waals surface area contributed by atoms with E-state index in [0.29, 0.717) is 10.8 Å². The molecule has 1 aromatic heterocycles. The minimum Gasteiger partial charge on any atom is -0.453 e. The van der Waals surface area contributed by atoms with E-state index in [1.807, 2.05) is 13.8 Å². The molecule has 30 heavy (non-hydrogen) atoms. The lowest BCUT2D eigenvalue weighted by Crippen LogP contribution is -2.19.